The van der Waals surface area contributed by atoms with Gasteiger partial charge in [0, 0.05) is 4.47 Å². The molecule has 0 heterocycles. The minimum absolute atomic E-state index is 0.0971. The van der Waals surface area contributed by atoms with Crippen LogP contribution in [0, 0.1) is 11.3 Å². The largest absolute Gasteiger partial charge is 0.465 e. The number of esters is 1. The fraction of sp³-hybridized carbons (Fsp3) is 0.111. The van der Waals surface area contributed by atoms with Crippen LogP contribution in [-0.2, 0) is 4.74 Å². The number of nitriles is 1. The Morgan fingerprint density at radius 3 is 2.79 bits per heavy atom. The molecular formula is C9H5BrClNO2. The van der Waals surface area contributed by atoms with Crippen LogP contribution in [0.1, 0.15) is 15.9 Å². The zero-order valence-corrected chi connectivity index (χ0v) is 9.52. The van der Waals surface area contributed by atoms with Crippen molar-refractivity contribution in [1.82, 2.24) is 0 Å². The second-order valence-corrected chi connectivity index (χ2v) is 3.74. The van der Waals surface area contributed by atoms with Crippen LogP contribution in [0.15, 0.2) is 16.6 Å². The minimum atomic E-state index is -0.612. The molecule has 0 atom stereocenters. The summed E-state index contributed by atoms with van der Waals surface area (Å²) in [5.41, 5.74) is 0.288. The van der Waals surface area contributed by atoms with Gasteiger partial charge in [-0.25, -0.2) is 4.79 Å². The van der Waals surface area contributed by atoms with Crippen molar-refractivity contribution in [2.24, 2.45) is 0 Å². The van der Waals surface area contributed by atoms with Crippen molar-refractivity contribution in [2.45, 2.75) is 0 Å². The first kappa shape index (κ1) is 11.0. The number of halogens is 2. The summed E-state index contributed by atoms with van der Waals surface area (Å²) in [7, 11) is 1.24. The average Bonchev–Trinajstić information content (AvgIpc) is 2.15. The molecule has 72 valence electrons. The van der Waals surface area contributed by atoms with E-state index in [1.54, 1.807) is 0 Å². The highest BCUT2D eigenvalue weighted by Gasteiger charge is 2.16. The second kappa shape index (κ2) is 4.45. The molecule has 1 aromatic rings. The summed E-state index contributed by atoms with van der Waals surface area (Å²) in [6, 6.07) is 4.93. The number of hydrogen-bond donors (Lipinski definition) is 0. The van der Waals surface area contributed by atoms with Crippen molar-refractivity contribution in [3.63, 3.8) is 0 Å². The van der Waals surface area contributed by atoms with Crippen LogP contribution in [0.25, 0.3) is 0 Å². The highest BCUT2D eigenvalue weighted by molar-refractivity contribution is 9.10. The first-order valence-electron chi connectivity index (χ1n) is 3.57. The van der Waals surface area contributed by atoms with Crippen molar-refractivity contribution < 1.29 is 9.53 Å². The van der Waals surface area contributed by atoms with E-state index in [2.05, 4.69) is 20.7 Å². The molecule has 0 spiro atoms. The topological polar surface area (TPSA) is 50.1 Å². The van der Waals surface area contributed by atoms with Crippen molar-refractivity contribution in [2.75, 3.05) is 7.11 Å². The molecule has 0 saturated carbocycles. The third-order valence-corrected chi connectivity index (χ3v) is 2.32. The summed E-state index contributed by atoms with van der Waals surface area (Å²) < 4.78 is 5.15. The molecule has 0 aliphatic carbocycles. The third kappa shape index (κ3) is 2.06. The van der Waals surface area contributed by atoms with Gasteiger partial charge in [-0.15, -0.1) is 0 Å². The fourth-order valence-corrected chi connectivity index (χ4v) is 1.86. The number of hydrogen-bond acceptors (Lipinski definition) is 3. The average molecular weight is 275 g/mol. The van der Waals surface area contributed by atoms with Gasteiger partial charge in [0.15, 0.2) is 0 Å². The van der Waals surface area contributed by atoms with Crippen molar-refractivity contribution in [1.29, 1.82) is 5.26 Å². The first-order valence-corrected chi connectivity index (χ1v) is 4.74. The summed E-state index contributed by atoms with van der Waals surface area (Å²) >= 11 is 8.98. The van der Waals surface area contributed by atoms with Crippen LogP contribution in [0.3, 0.4) is 0 Å². The zero-order valence-electron chi connectivity index (χ0n) is 7.17. The number of carbonyl (C=O) groups excluding carboxylic acids is 1. The lowest BCUT2D eigenvalue weighted by molar-refractivity contribution is 0.0600. The molecule has 0 unspecified atom stereocenters. The van der Waals surface area contributed by atoms with Gasteiger partial charge in [-0.3, -0.25) is 0 Å². The maximum absolute atomic E-state index is 11.3. The van der Waals surface area contributed by atoms with Gasteiger partial charge in [0.25, 0.3) is 0 Å². The number of rotatable bonds is 1. The minimum Gasteiger partial charge on any atom is -0.465 e. The van der Waals surface area contributed by atoms with Crippen LogP contribution in [0.5, 0.6) is 0 Å². The highest BCUT2D eigenvalue weighted by atomic mass is 79.9. The molecule has 0 bridgehead atoms. The van der Waals surface area contributed by atoms with Crippen molar-refractivity contribution in [3.05, 3.63) is 32.8 Å². The SMILES string of the molecule is COC(=O)c1c(Cl)cc(Br)cc1C#N. The molecule has 1 aromatic carbocycles. The summed E-state index contributed by atoms with van der Waals surface area (Å²) in [6.45, 7) is 0. The molecule has 0 amide bonds. The zero-order chi connectivity index (χ0) is 10.7. The Balaban J connectivity index is 3.42. The standard InChI is InChI=1S/C9H5BrClNO2/c1-14-9(13)8-5(4-12)2-6(10)3-7(8)11/h2-3H,1H3. The molecule has 0 fully saturated rings. The molecule has 0 aromatic heterocycles. The summed E-state index contributed by atoms with van der Waals surface area (Å²) in [5, 5.41) is 8.97. The molecule has 0 N–H and O–H groups in total. The Bertz CT molecular complexity index is 426. The van der Waals surface area contributed by atoms with Gasteiger partial charge in [0.05, 0.1) is 23.3 Å². The normalized spacial score (nSPS) is 9.29. The lowest BCUT2D eigenvalue weighted by Gasteiger charge is -2.04. The van der Waals surface area contributed by atoms with E-state index < -0.39 is 5.97 Å². The Hall–Kier alpha value is -1.05. The van der Waals surface area contributed by atoms with Gasteiger partial charge >= 0.3 is 5.97 Å². The van der Waals surface area contributed by atoms with E-state index in [1.165, 1.54) is 19.2 Å². The Labute approximate surface area is 94.4 Å². The number of benzene rings is 1. The van der Waals surface area contributed by atoms with Gasteiger partial charge in [-0.05, 0) is 12.1 Å². The maximum atomic E-state index is 11.3. The molecule has 3 nitrogen and oxygen atoms in total. The third-order valence-electron chi connectivity index (χ3n) is 1.56. The first-order chi connectivity index (χ1) is 6.60. The Morgan fingerprint density at radius 2 is 2.29 bits per heavy atom. The highest BCUT2D eigenvalue weighted by Crippen LogP contribution is 2.25. The predicted octanol–water partition coefficient (Wildman–Crippen LogP) is 2.76. The van der Waals surface area contributed by atoms with E-state index in [9.17, 15) is 4.79 Å². The maximum Gasteiger partial charge on any atom is 0.340 e. The lowest BCUT2D eigenvalue weighted by Crippen LogP contribution is -2.05. The molecule has 0 radical (unpaired) electrons. The van der Waals surface area contributed by atoms with Crippen LogP contribution in [-0.4, -0.2) is 13.1 Å². The van der Waals surface area contributed by atoms with E-state index in [0.717, 1.165) is 0 Å². The Morgan fingerprint density at radius 1 is 1.64 bits per heavy atom. The van der Waals surface area contributed by atoms with Gasteiger partial charge in [0.1, 0.15) is 6.07 Å². The number of carbonyl (C=O) groups is 1. The summed E-state index contributed by atoms with van der Waals surface area (Å²) in [5.74, 6) is -0.612. The molecule has 14 heavy (non-hydrogen) atoms. The van der Waals surface area contributed by atoms with Crippen LogP contribution in [0.4, 0.5) is 0 Å². The molecule has 1 rings (SSSR count). The van der Waals surface area contributed by atoms with Crippen molar-refractivity contribution >= 4 is 33.5 Å². The number of nitrogens with zero attached hydrogens (tertiary/aromatic N) is 1. The van der Waals surface area contributed by atoms with E-state index in [0.29, 0.717) is 4.47 Å². The monoisotopic (exact) mass is 273 g/mol. The molecule has 0 aliphatic rings. The van der Waals surface area contributed by atoms with Crippen LogP contribution >= 0.6 is 27.5 Å². The van der Waals surface area contributed by atoms with Crippen LogP contribution < -0.4 is 0 Å². The summed E-state index contributed by atoms with van der Waals surface area (Å²) in [6.07, 6.45) is 0. The molecule has 0 aliphatic heterocycles. The second-order valence-electron chi connectivity index (χ2n) is 2.41. The predicted molar refractivity (Wildman–Crippen MR) is 55.2 cm³/mol. The number of methoxy groups -OCH3 is 1. The fourth-order valence-electron chi connectivity index (χ4n) is 0.971. The molecular weight excluding hydrogens is 269 g/mol. The Kier molecular flexibility index (Phi) is 3.50. The van der Waals surface area contributed by atoms with E-state index in [4.69, 9.17) is 16.9 Å². The van der Waals surface area contributed by atoms with E-state index in [1.807, 2.05) is 6.07 Å². The van der Waals surface area contributed by atoms with E-state index >= 15 is 0 Å². The molecule has 5 heteroatoms. The van der Waals surface area contributed by atoms with Gasteiger partial charge < -0.3 is 4.74 Å². The number of ether oxygens (including phenoxy) is 1. The quantitative estimate of drug-likeness (QED) is 0.740. The summed E-state index contributed by atoms with van der Waals surface area (Å²) in [4.78, 5) is 11.3. The van der Waals surface area contributed by atoms with Gasteiger partial charge in [-0.1, -0.05) is 27.5 Å². The van der Waals surface area contributed by atoms with Gasteiger partial charge in [0.2, 0.25) is 0 Å². The van der Waals surface area contributed by atoms with Gasteiger partial charge in [-0.2, -0.15) is 5.26 Å². The van der Waals surface area contributed by atoms with Crippen molar-refractivity contribution in [3.8, 4) is 6.07 Å². The van der Waals surface area contributed by atoms with E-state index in [-0.39, 0.29) is 16.1 Å². The molecule has 0 saturated heterocycles. The lowest BCUT2D eigenvalue weighted by atomic mass is 10.1. The smallest absolute Gasteiger partial charge is 0.340 e. The van der Waals surface area contributed by atoms with Crippen LogP contribution in [0.2, 0.25) is 5.02 Å².